The molecular weight excluding hydrogens is 343 g/mol. The number of anilines is 1. The third kappa shape index (κ3) is 4.91. The van der Waals surface area contributed by atoms with Crippen LogP contribution in [0, 0.1) is 6.92 Å². The van der Waals surface area contributed by atoms with Crippen molar-refractivity contribution in [2.24, 2.45) is 0 Å². The van der Waals surface area contributed by atoms with Crippen molar-refractivity contribution in [3.05, 3.63) is 29.4 Å². The largest absolute Gasteiger partial charge is 0.306 e. The fourth-order valence-corrected chi connectivity index (χ4v) is 2.76. The van der Waals surface area contributed by atoms with E-state index >= 15 is 0 Å². The van der Waals surface area contributed by atoms with Crippen LogP contribution in [0.5, 0.6) is 0 Å². The Morgan fingerprint density at radius 1 is 1.41 bits per heavy atom. The topological polar surface area (TPSA) is 66.9 Å². The van der Waals surface area contributed by atoms with E-state index in [1.807, 2.05) is 19.1 Å². The third-order valence-electron chi connectivity index (χ3n) is 3.11. The van der Waals surface area contributed by atoms with Gasteiger partial charge in [-0.3, -0.25) is 9.78 Å². The molecular formula is C14H18Cl2N4OS. The number of hydrogen-bond acceptors (Lipinski definition) is 5. The number of hydrogen-bond donors (Lipinski definition) is 2. The second-order valence-electron chi connectivity index (χ2n) is 4.87. The Bertz CT molecular complexity index is 617. The standard InChI is InChI=1S/C14H16N4OS.2ClH/c1-9-13(10-3-2-6-15-7-10)18-14(20-9)17-12(19)8-16-11-4-5-11;;/h2-3,6-7,11,16H,4-5,8H2,1H3,(H,17,18,19);2*1H. The van der Waals surface area contributed by atoms with Crippen LogP contribution in [0.25, 0.3) is 11.3 Å². The molecule has 1 aliphatic carbocycles. The Kier molecular flexibility index (Phi) is 7.22. The highest BCUT2D eigenvalue weighted by Gasteiger charge is 2.21. The van der Waals surface area contributed by atoms with Gasteiger partial charge in [0.1, 0.15) is 0 Å². The van der Waals surface area contributed by atoms with E-state index in [1.54, 1.807) is 12.4 Å². The van der Waals surface area contributed by atoms with Gasteiger partial charge in [0.2, 0.25) is 5.91 Å². The number of carbonyl (C=O) groups is 1. The SMILES string of the molecule is Cc1sc(NC(=O)CNC2CC2)nc1-c1cccnc1.Cl.Cl. The monoisotopic (exact) mass is 360 g/mol. The molecule has 0 atom stereocenters. The van der Waals surface area contributed by atoms with Gasteiger partial charge in [-0.15, -0.1) is 36.2 Å². The molecule has 1 saturated carbocycles. The molecule has 1 amide bonds. The minimum Gasteiger partial charge on any atom is -0.306 e. The molecule has 1 fully saturated rings. The van der Waals surface area contributed by atoms with Crippen molar-refractivity contribution in [1.82, 2.24) is 15.3 Å². The number of aryl methyl sites for hydroxylation is 1. The Labute approximate surface area is 145 Å². The minimum absolute atomic E-state index is 0. The molecule has 22 heavy (non-hydrogen) atoms. The molecule has 2 N–H and O–H groups in total. The number of halogens is 2. The van der Waals surface area contributed by atoms with Crippen LogP contribution in [-0.2, 0) is 4.79 Å². The summed E-state index contributed by atoms with van der Waals surface area (Å²) in [7, 11) is 0. The minimum atomic E-state index is -0.0385. The van der Waals surface area contributed by atoms with Gasteiger partial charge in [-0.1, -0.05) is 0 Å². The first-order chi connectivity index (χ1) is 9.72. The van der Waals surface area contributed by atoms with Gasteiger partial charge in [-0.25, -0.2) is 4.98 Å². The average Bonchev–Trinajstić information content (AvgIpc) is 3.21. The highest BCUT2D eigenvalue weighted by Crippen LogP contribution is 2.29. The molecule has 2 aromatic heterocycles. The van der Waals surface area contributed by atoms with E-state index in [-0.39, 0.29) is 30.7 Å². The number of rotatable bonds is 5. The Hall–Kier alpha value is -1.21. The van der Waals surface area contributed by atoms with Crippen molar-refractivity contribution in [2.45, 2.75) is 25.8 Å². The number of nitrogens with one attached hydrogen (secondary N) is 2. The molecule has 0 aromatic carbocycles. The summed E-state index contributed by atoms with van der Waals surface area (Å²) in [5, 5.41) is 6.67. The van der Waals surface area contributed by atoms with Crippen LogP contribution in [0.3, 0.4) is 0 Å². The van der Waals surface area contributed by atoms with Gasteiger partial charge in [-0.05, 0) is 31.9 Å². The van der Waals surface area contributed by atoms with Crippen molar-refractivity contribution < 1.29 is 4.79 Å². The molecule has 0 unspecified atom stereocenters. The van der Waals surface area contributed by atoms with Crippen LogP contribution < -0.4 is 10.6 Å². The molecule has 8 heteroatoms. The van der Waals surface area contributed by atoms with Gasteiger partial charge in [0.25, 0.3) is 0 Å². The molecule has 2 heterocycles. The summed E-state index contributed by atoms with van der Waals surface area (Å²) in [5.41, 5.74) is 1.85. The summed E-state index contributed by atoms with van der Waals surface area (Å²) in [6.45, 7) is 2.35. The van der Waals surface area contributed by atoms with Gasteiger partial charge in [0.15, 0.2) is 5.13 Å². The Morgan fingerprint density at radius 3 is 2.82 bits per heavy atom. The summed E-state index contributed by atoms with van der Waals surface area (Å²) in [5.74, 6) is -0.0385. The maximum absolute atomic E-state index is 11.8. The summed E-state index contributed by atoms with van der Waals surface area (Å²) < 4.78 is 0. The number of carbonyl (C=O) groups excluding carboxylic acids is 1. The van der Waals surface area contributed by atoms with Gasteiger partial charge < -0.3 is 10.6 Å². The number of pyridine rings is 1. The third-order valence-corrected chi connectivity index (χ3v) is 3.99. The summed E-state index contributed by atoms with van der Waals surface area (Å²) in [6.07, 6.45) is 5.86. The van der Waals surface area contributed by atoms with Crippen LogP contribution in [-0.4, -0.2) is 28.5 Å². The number of thiazole rings is 1. The van der Waals surface area contributed by atoms with E-state index in [4.69, 9.17) is 0 Å². The van der Waals surface area contributed by atoms with Gasteiger partial charge in [0.05, 0.1) is 12.2 Å². The first-order valence-electron chi connectivity index (χ1n) is 6.63. The zero-order chi connectivity index (χ0) is 13.9. The van der Waals surface area contributed by atoms with E-state index in [2.05, 4.69) is 20.6 Å². The molecule has 1 aliphatic rings. The lowest BCUT2D eigenvalue weighted by atomic mass is 10.2. The molecule has 120 valence electrons. The predicted molar refractivity (Wildman–Crippen MR) is 94.2 cm³/mol. The van der Waals surface area contributed by atoms with Gasteiger partial charge in [-0.2, -0.15) is 0 Å². The molecule has 0 radical (unpaired) electrons. The van der Waals surface area contributed by atoms with Crippen molar-refractivity contribution >= 4 is 47.2 Å². The highest BCUT2D eigenvalue weighted by atomic mass is 35.5. The zero-order valence-corrected chi connectivity index (χ0v) is 14.5. The first kappa shape index (κ1) is 18.8. The van der Waals surface area contributed by atoms with E-state index in [0.717, 1.165) is 16.1 Å². The zero-order valence-electron chi connectivity index (χ0n) is 12.0. The van der Waals surface area contributed by atoms with E-state index in [1.165, 1.54) is 24.2 Å². The van der Waals surface area contributed by atoms with E-state index in [9.17, 15) is 4.79 Å². The van der Waals surface area contributed by atoms with Crippen LogP contribution in [0.4, 0.5) is 5.13 Å². The Morgan fingerprint density at radius 2 is 2.18 bits per heavy atom. The fourth-order valence-electron chi connectivity index (χ4n) is 1.91. The van der Waals surface area contributed by atoms with Crippen LogP contribution in [0.1, 0.15) is 17.7 Å². The quantitative estimate of drug-likeness (QED) is 0.859. The summed E-state index contributed by atoms with van der Waals surface area (Å²) in [6, 6.07) is 4.38. The smallest absolute Gasteiger partial charge is 0.240 e. The lowest BCUT2D eigenvalue weighted by Gasteiger charge is -2.02. The van der Waals surface area contributed by atoms with Gasteiger partial charge >= 0.3 is 0 Å². The molecule has 0 bridgehead atoms. The maximum atomic E-state index is 11.8. The summed E-state index contributed by atoms with van der Waals surface area (Å²) >= 11 is 1.49. The van der Waals surface area contributed by atoms with Crippen molar-refractivity contribution in [3.8, 4) is 11.3 Å². The molecule has 0 saturated heterocycles. The average molecular weight is 361 g/mol. The second-order valence-corrected chi connectivity index (χ2v) is 6.07. The fraction of sp³-hybridized carbons (Fsp3) is 0.357. The molecule has 0 spiro atoms. The second kappa shape index (κ2) is 8.43. The molecule has 3 rings (SSSR count). The molecule has 0 aliphatic heterocycles. The van der Waals surface area contributed by atoms with Crippen molar-refractivity contribution in [1.29, 1.82) is 0 Å². The van der Waals surface area contributed by atoms with Crippen molar-refractivity contribution in [2.75, 3.05) is 11.9 Å². The lowest BCUT2D eigenvalue weighted by Crippen LogP contribution is -2.29. The molecule has 2 aromatic rings. The summed E-state index contributed by atoms with van der Waals surface area (Å²) in [4.78, 5) is 21.4. The number of nitrogens with zero attached hydrogens (tertiary/aromatic N) is 2. The predicted octanol–water partition coefficient (Wildman–Crippen LogP) is 3.05. The van der Waals surface area contributed by atoms with E-state index < -0.39 is 0 Å². The van der Waals surface area contributed by atoms with Crippen LogP contribution >= 0.6 is 36.2 Å². The van der Waals surface area contributed by atoms with Crippen LogP contribution in [0.15, 0.2) is 24.5 Å². The molecule has 5 nitrogen and oxygen atoms in total. The number of aromatic nitrogens is 2. The number of amides is 1. The lowest BCUT2D eigenvalue weighted by molar-refractivity contribution is -0.115. The first-order valence-corrected chi connectivity index (χ1v) is 7.45. The van der Waals surface area contributed by atoms with Gasteiger partial charge in [0, 0.05) is 28.9 Å². The van der Waals surface area contributed by atoms with Crippen LogP contribution in [0.2, 0.25) is 0 Å². The van der Waals surface area contributed by atoms with E-state index in [0.29, 0.717) is 17.7 Å². The highest BCUT2D eigenvalue weighted by molar-refractivity contribution is 7.16. The Balaban J connectivity index is 0.00000121. The van der Waals surface area contributed by atoms with Crippen molar-refractivity contribution in [3.63, 3.8) is 0 Å². The normalized spacial score (nSPS) is 13.0. The maximum Gasteiger partial charge on any atom is 0.240 e.